The van der Waals surface area contributed by atoms with Gasteiger partial charge in [-0.15, -0.1) is 11.3 Å². The summed E-state index contributed by atoms with van der Waals surface area (Å²) in [6.07, 6.45) is 0.723. The monoisotopic (exact) mass is 257 g/mol. The number of ether oxygens (including phenoxy) is 1. The van der Waals surface area contributed by atoms with Crippen molar-refractivity contribution in [3.63, 3.8) is 0 Å². The Labute approximate surface area is 108 Å². The van der Waals surface area contributed by atoms with E-state index < -0.39 is 0 Å². The van der Waals surface area contributed by atoms with Crippen LogP contribution < -0.4 is 5.32 Å². The summed E-state index contributed by atoms with van der Waals surface area (Å²) in [5.74, 6) is 0. The Hall–Kier alpha value is -0.420. The van der Waals surface area contributed by atoms with Gasteiger partial charge < -0.3 is 15.2 Å². The standard InChI is InChI=1S/C13H23NO2S/c1-9-7-13(11(3)17-9)10(2)14-12(5-6-15)8-16-4/h7,10,12,14-15H,5-6,8H2,1-4H3. The summed E-state index contributed by atoms with van der Waals surface area (Å²) in [4.78, 5) is 2.71. The van der Waals surface area contributed by atoms with E-state index in [1.807, 2.05) is 11.3 Å². The molecule has 2 N–H and O–H groups in total. The number of aliphatic hydroxyl groups is 1. The van der Waals surface area contributed by atoms with Crippen molar-refractivity contribution in [2.75, 3.05) is 20.3 Å². The summed E-state index contributed by atoms with van der Waals surface area (Å²) in [6, 6.07) is 2.74. The molecule has 0 saturated heterocycles. The van der Waals surface area contributed by atoms with Crippen LogP contribution in [0.5, 0.6) is 0 Å². The van der Waals surface area contributed by atoms with Crippen LogP contribution in [0.2, 0.25) is 0 Å². The van der Waals surface area contributed by atoms with E-state index >= 15 is 0 Å². The smallest absolute Gasteiger partial charge is 0.0616 e. The van der Waals surface area contributed by atoms with Crippen LogP contribution >= 0.6 is 11.3 Å². The Morgan fingerprint density at radius 1 is 1.47 bits per heavy atom. The van der Waals surface area contributed by atoms with Crippen LogP contribution in [0.1, 0.15) is 34.7 Å². The Morgan fingerprint density at radius 3 is 2.65 bits per heavy atom. The molecule has 0 saturated carbocycles. The fourth-order valence-corrected chi connectivity index (χ4v) is 3.12. The molecule has 2 unspecified atom stereocenters. The first-order valence-corrected chi connectivity index (χ1v) is 6.83. The quantitative estimate of drug-likeness (QED) is 0.788. The molecular weight excluding hydrogens is 234 g/mol. The zero-order chi connectivity index (χ0) is 12.8. The maximum absolute atomic E-state index is 9.01. The minimum absolute atomic E-state index is 0.190. The van der Waals surface area contributed by atoms with E-state index in [-0.39, 0.29) is 12.6 Å². The maximum Gasteiger partial charge on any atom is 0.0616 e. The number of nitrogens with one attached hydrogen (secondary N) is 1. The number of methoxy groups -OCH3 is 1. The number of aryl methyl sites for hydroxylation is 2. The Bertz CT molecular complexity index is 332. The Morgan fingerprint density at radius 2 is 2.18 bits per heavy atom. The maximum atomic E-state index is 9.01. The highest BCUT2D eigenvalue weighted by Gasteiger charge is 2.15. The van der Waals surface area contributed by atoms with Crippen molar-refractivity contribution < 1.29 is 9.84 Å². The van der Waals surface area contributed by atoms with E-state index in [4.69, 9.17) is 9.84 Å². The SMILES string of the molecule is COCC(CCO)NC(C)c1cc(C)sc1C. The fourth-order valence-electron chi connectivity index (χ4n) is 2.10. The number of aliphatic hydroxyl groups excluding tert-OH is 1. The van der Waals surface area contributed by atoms with Gasteiger partial charge in [-0.25, -0.2) is 0 Å². The molecule has 0 fully saturated rings. The van der Waals surface area contributed by atoms with E-state index in [0.717, 1.165) is 6.42 Å². The topological polar surface area (TPSA) is 41.5 Å². The third-order valence-electron chi connectivity index (χ3n) is 2.88. The van der Waals surface area contributed by atoms with E-state index in [1.165, 1.54) is 15.3 Å². The van der Waals surface area contributed by atoms with Gasteiger partial charge in [0.1, 0.15) is 0 Å². The molecule has 1 rings (SSSR count). The Kier molecular flexibility index (Phi) is 6.12. The van der Waals surface area contributed by atoms with Crippen molar-refractivity contribution in [1.82, 2.24) is 5.32 Å². The van der Waals surface area contributed by atoms with E-state index in [9.17, 15) is 0 Å². The lowest BCUT2D eigenvalue weighted by Gasteiger charge is -2.22. The second-order valence-electron chi connectivity index (χ2n) is 4.42. The van der Waals surface area contributed by atoms with Crippen LogP contribution in [-0.4, -0.2) is 31.5 Å². The van der Waals surface area contributed by atoms with E-state index in [0.29, 0.717) is 12.6 Å². The molecule has 0 aromatic carbocycles. The van der Waals surface area contributed by atoms with Crippen LogP contribution in [0.25, 0.3) is 0 Å². The van der Waals surface area contributed by atoms with E-state index in [1.54, 1.807) is 7.11 Å². The lowest BCUT2D eigenvalue weighted by Crippen LogP contribution is -2.36. The van der Waals surface area contributed by atoms with Crippen molar-refractivity contribution in [2.45, 2.75) is 39.3 Å². The summed E-state index contributed by atoms with van der Waals surface area (Å²) < 4.78 is 5.16. The molecule has 4 heteroatoms. The van der Waals surface area contributed by atoms with Crippen LogP contribution in [0.4, 0.5) is 0 Å². The van der Waals surface area contributed by atoms with Gasteiger partial charge >= 0.3 is 0 Å². The third-order valence-corrected chi connectivity index (χ3v) is 3.86. The van der Waals surface area contributed by atoms with Gasteiger partial charge in [0.2, 0.25) is 0 Å². The first-order valence-electron chi connectivity index (χ1n) is 6.01. The molecule has 0 amide bonds. The number of hydrogen-bond acceptors (Lipinski definition) is 4. The second kappa shape index (κ2) is 7.11. The zero-order valence-electron chi connectivity index (χ0n) is 11.1. The average Bonchev–Trinajstić information content (AvgIpc) is 2.58. The highest BCUT2D eigenvalue weighted by molar-refractivity contribution is 7.12. The van der Waals surface area contributed by atoms with Crippen molar-refractivity contribution in [2.24, 2.45) is 0 Å². The van der Waals surface area contributed by atoms with Crippen LogP contribution in [0.3, 0.4) is 0 Å². The predicted molar refractivity (Wildman–Crippen MR) is 72.7 cm³/mol. The lowest BCUT2D eigenvalue weighted by molar-refractivity contribution is 0.143. The molecule has 2 atom stereocenters. The molecule has 17 heavy (non-hydrogen) atoms. The average molecular weight is 257 g/mol. The van der Waals surface area contributed by atoms with Crippen LogP contribution in [-0.2, 0) is 4.74 Å². The number of hydrogen-bond donors (Lipinski definition) is 2. The van der Waals surface area contributed by atoms with Gasteiger partial charge in [0.15, 0.2) is 0 Å². The summed E-state index contributed by atoms with van der Waals surface area (Å²) in [7, 11) is 1.69. The summed E-state index contributed by atoms with van der Waals surface area (Å²) in [5.41, 5.74) is 1.35. The number of thiophene rings is 1. The molecule has 1 heterocycles. The second-order valence-corrected chi connectivity index (χ2v) is 5.88. The van der Waals surface area contributed by atoms with Gasteiger partial charge in [0.05, 0.1) is 6.61 Å². The predicted octanol–water partition coefficient (Wildman–Crippen LogP) is 2.41. The van der Waals surface area contributed by atoms with Crippen LogP contribution in [0.15, 0.2) is 6.07 Å². The summed E-state index contributed by atoms with van der Waals surface area (Å²) in [5, 5.41) is 12.5. The molecule has 0 radical (unpaired) electrons. The normalized spacial score (nSPS) is 14.9. The molecule has 1 aromatic rings. The van der Waals surface area contributed by atoms with Gasteiger partial charge in [0, 0.05) is 35.6 Å². The minimum Gasteiger partial charge on any atom is -0.396 e. The van der Waals surface area contributed by atoms with E-state index in [2.05, 4.69) is 32.2 Å². The molecule has 98 valence electrons. The van der Waals surface area contributed by atoms with Crippen molar-refractivity contribution in [3.8, 4) is 0 Å². The third kappa shape index (κ3) is 4.39. The highest BCUT2D eigenvalue weighted by Crippen LogP contribution is 2.26. The van der Waals surface area contributed by atoms with Gasteiger partial charge in [-0.3, -0.25) is 0 Å². The van der Waals surface area contributed by atoms with Gasteiger partial charge in [-0.05, 0) is 38.8 Å². The summed E-state index contributed by atoms with van der Waals surface area (Å²) in [6.45, 7) is 7.27. The van der Waals surface area contributed by atoms with Gasteiger partial charge in [-0.2, -0.15) is 0 Å². The van der Waals surface area contributed by atoms with Gasteiger partial charge in [0.25, 0.3) is 0 Å². The van der Waals surface area contributed by atoms with Crippen molar-refractivity contribution >= 4 is 11.3 Å². The molecule has 0 aliphatic rings. The fraction of sp³-hybridized carbons (Fsp3) is 0.692. The first-order chi connectivity index (χ1) is 8.08. The largest absolute Gasteiger partial charge is 0.396 e. The molecule has 0 spiro atoms. The molecule has 3 nitrogen and oxygen atoms in total. The van der Waals surface area contributed by atoms with Crippen LogP contribution in [0, 0.1) is 13.8 Å². The van der Waals surface area contributed by atoms with Crippen molar-refractivity contribution in [3.05, 3.63) is 21.4 Å². The molecular formula is C13H23NO2S. The molecule has 0 bridgehead atoms. The Balaban J connectivity index is 2.62. The summed E-state index contributed by atoms with van der Waals surface area (Å²) >= 11 is 1.83. The number of rotatable bonds is 7. The lowest BCUT2D eigenvalue weighted by atomic mass is 10.1. The molecule has 1 aromatic heterocycles. The van der Waals surface area contributed by atoms with Gasteiger partial charge in [-0.1, -0.05) is 0 Å². The zero-order valence-corrected chi connectivity index (χ0v) is 11.9. The highest BCUT2D eigenvalue weighted by atomic mass is 32.1. The molecule has 0 aliphatic heterocycles. The minimum atomic E-state index is 0.190. The molecule has 0 aliphatic carbocycles. The first kappa shape index (κ1) is 14.6. The van der Waals surface area contributed by atoms with Crippen molar-refractivity contribution in [1.29, 1.82) is 0 Å².